The third-order valence-electron chi connectivity index (χ3n) is 2.28. The van der Waals surface area contributed by atoms with Gasteiger partial charge in [0.25, 0.3) is 0 Å². The van der Waals surface area contributed by atoms with Crippen molar-refractivity contribution in [2.45, 2.75) is 6.17 Å². The lowest BCUT2D eigenvalue weighted by Crippen LogP contribution is -2.28. The van der Waals surface area contributed by atoms with Gasteiger partial charge in [0.15, 0.2) is 0 Å². The number of nitrogens with zero attached hydrogens (tertiary/aromatic N) is 2. The van der Waals surface area contributed by atoms with E-state index in [9.17, 15) is 0 Å². The molecular formula is C10H14N4. The first-order chi connectivity index (χ1) is 6.86. The van der Waals surface area contributed by atoms with Gasteiger partial charge < -0.3 is 11.1 Å². The molecule has 0 aliphatic carbocycles. The van der Waals surface area contributed by atoms with Crippen molar-refractivity contribution >= 4 is 12.4 Å². The Labute approximate surface area is 83.3 Å². The molecule has 0 aromatic carbocycles. The first-order valence-electron chi connectivity index (χ1n) is 4.75. The van der Waals surface area contributed by atoms with E-state index in [1.54, 1.807) is 0 Å². The predicted molar refractivity (Wildman–Crippen MR) is 58.5 cm³/mol. The molecule has 2 atom stereocenters. The van der Waals surface area contributed by atoms with E-state index in [1.807, 2.05) is 24.7 Å². The van der Waals surface area contributed by atoms with Crippen molar-refractivity contribution in [2.75, 3.05) is 13.1 Å². The van der Waals surface area contributed by atoms with Crippen molar-refractivity contribution in [3.63, 3.8) is 0 Å². The molecule has 0 aromatic rings. The van der Waals surface area contributed by atoms with Gasteiger partial charge in [-0.3, -0.25) is 9.98 Å². The average molecular weight is 190 g/mol. The first-order valence-corrected chi connectivity index (χ1v) is 4.75. The molecule has 2 heterocycles. The Hall–Kier alpha value is -1.42. The van der Waals surface area contributed by atoms with Gasteiger partial charge in [0.2, 0.25) is 0 Å². The SMILES string of the molecule is NC1CNC=C(C2C=CC=NC2)C=N1. The van der Waals surface area contributed by atoms with E-state index in [0.29, 0.717) is 12.5 Å². The number of aliphatic imine (C=N–C) groups is 2. The van der Waals surface area contributed by atoms with E-state index in [1.165, 1.54) is 0 Å². The summed E-state index contributed by atoms with van der Waals surface area (Å²) in [6, 6.07) is 0. The molecule has 0 radical (unpaired) electrons. The minimum absolute atomic E-state index is 0.139. The van der Waals surface area contributed by atoms with Crippen LogP contribution in [0, 0.1) is 5.92 Å². The van der Waals surface area contributed by atoms with E-state index in [2.05, 4.69) is 21.4 Å². The summed E-state index contributed by atoms with van der Waals surface area (Å²) in [6.07, 6.45) is 9.60. The fourth-order valence-electron chi connectivity index (χ4n) is 1.47. The average Bonchev–Trinajstić information content (AvgIpc) is 2.44. The Morgan fingerprint density at radius 1 is 1.50 bits per heavy atom. The van der Waals surface area contributed by atoms with Gasteiger partial charge >= 0.3 is 0 Å². The first kappa shape index (κ1) is 9.15. The second kappa shape index (κ2) is 4.19. The topological polar surface area (TPSA) is 62.8 Å². The molecule has 0 fully saturated rings. The molecule has 3 N–H and O–H groups in total. The van der Waals surface area contributed by atoms with Crippen molar-refractivity contribution in [1.82, 2.24) is 5.32 Å². The van der Waals surface area contributed by atoms with Gasteiger partial charge in [-0.05, 0) is 11.6 Å². The minimum Gasteiger partial charge on any atom is -0.387 e. The fourth-order valence-corrected chi connectivity index (χ4v) is 1.47. The third kappa shape index (κ3) is 2.09. The maximum atomic E-state index is 5.69. The van der Waals surface area contributed by atoms with E-state index >= 15 is 0 Å². The van der Waals surface area contributed by atoms with Crippen LogP contribution in [0.4, 0.5) is 0 Å². The van der Waals surface area contributed by atoms with Gasteiger partial charge in [-0.25, -0.2) is 0 Å². The molecule has 0 amide bonds. The molecule has 14 heavy (non-hydrogen) atoms. The Balaban J connectivity index is 2.09. The van der Waals surface area contributed by atoms with Crippen LogP contribution in [0.5, 0.6) is 0 Å². The molecule has 0 aromatic heterocycles. The van der Waals surface area contributed by atoms with Crippen molar-refractivity contribution in [3.8, 4) is 0 Å². The molecule has 74 valence electrons. The zero-order valence-corrected chi connectivity index (χ0v) is 7.93. The zero-order chi connectivity index (χ0) is 9.80. The highest BCUT2D eigenvalue weighted by Crippen LogP contribution is 2.14. The summed E-state index contributed by atoms with van der Waals surface area (Å²) in [6.45, 7) is 1.49. The molecule has 2 aliphatic rings. The van der Waals surface area contributed by atoms with E-state index in [0.717, 1.165) is 12.1 Å². The predicted octanol–water partition coefficient (Wildman–Crippen LogP) is 0.0859. The zero-order valence-electron chi connectivity index (χ0n) is 7.93. The number of allylic oxidation sites excluding steroid dienone is 1. The highest BCUT2D eigenvalue weighted by Gasteiger charge is 2.12. The van der Waals surface area contributed by atoms with Crippen LogP contribution in [0.3, 0.4) is 0 Å². The van der Waals surface area contributed by atoms with Crippen molar-refractivity contribution < 1.29 is 0 Å². The Morgan fingerprint density at radius 2 is 2.43 bits per heavy atom. The van der Waals surface area contributed by atoms with Gasteiger partial charge in [-0.1, -0.05) is 6.08 Å². The van der Waals surface area contributed by atoms with Gasteiger partial charge in [-0.2, -0.15) is 0 Å². The van der Waals surface area contributed by atoms with Crippen LogP contribution in [0.25, 0.3) is 0 Å². The molecular weight excluding hydrogens is 176 g/mol. The number of nitrogens with one attached hydrogen (secondary N) is 1. The van der Waals surface area contributed by atoms with Crippen LogP contribution in [-0.4, -0.2) is 31.7 Å². The van der Waals surface area contributed by atoms with Crippen LogP contribution in [-0.2, 0) is 0 Å². The van der Waals surface area contributed by atoms with Crippen LogP contribution in [0.1, 0.15) is 0 Å². The van der Waals surface area contributed by atoms with Crippen molar-refractivity contribution in [1.29, 1.82) is 0 Å². The van der Waals surface area contributed by atoms with Crippen LogP contribution >= 0.6 is 0 Å². The third-order valence-corrected chi connectivity index (χ3v) is 2.28. The molecule has 2 aliphatic heterocycles. The molecule has 2 unspecified atom stereocenters. The molecule has 0 saturated carbocycles. The summed E-state index contributed by atoms with van der Waals surface area (Å²) in [5.74, 6) is 0.335. The largest absolute Gasteiger partial charge is 0.387 e. The number of nitrogens with two attached hydrogens (primary N) is 1. The molecule has 4 nitrogen and oxygen atoms in total. The van der Waals surface area contributed by atoms with Gasteiger partial charge in [0, 0.05) is 37.6 Å². The number of dihydropyridines is 1. The van der Waals surface area contributed by atoms with Crippen LogP contribution in [0.15, 0.2) is 33.9 Å². The summed E-state index contributed by atoms with van der Waals surface area (Å²) in [7, 11) is 0. The minimum atomic E-state index is -0.139. The number of hydrogen-bond donors (Lipinski definition) is 2. The maximum Gasteiger partial charge on any atom is 0.114 e. The van der Waals surface area contributed by atoms with E-state index in [4.69, 9.17) is 5.73 Å². The number of rotatable bonds is 1. The standard InChI is InChI=1S/C10H14N4/c11-10-7-13-5-9(6-14-10)8-2-1-3-12-4-8/h1-3,5-6,8,10,13H,4,7,11H2. The lowest BCUT2D eigenvalue weighted by atomic mass is 9.99. The summed E-state index contributed by atoms with van der Waals surface area (Å²) < 4.78 is 0. The van der Waals surface area contributed by atoms with Crippen LogP contribution < -0.4 is 11.1 Å². The van der Waals surface area contributed by atoms with Crippen molar-refractivity contribution in [3.05, 3.63) is 23.9 Å². The molecule has 4 heteroatoms. The van der Waals surface area contributed by atoms with Gasteiger partial charge in [-0.15, -0.1) is 0 Å². The quantitative estimate of drug-likeness (QED) is 0.615. The summed E-state index contributed by atoms with van der Waals surface area (Å²) in [5.41, 5.74) is 6.83. The fraction of sp³-hybridized carbons (Fsp3) is 0.400. The second-order valence-corrected chi connectivity index (χ2v) is 3.40. The molecule has 2 rings (SSSR count). The smallest absolute Gasteiger partial charge is 0.114 e. The lowest BCUT2D eigenvalue weighted by molar-refractivity contribution is 0.669. The highest BCUT2D eigenvalue weighted by molar-refractivity contribution is 5.81. The Bertz CT molecular complexity index is 314. The van der Waals surface area contributed by atoms with Crippen LogP contribution in [0.2, 0.25) is 0 Å². The van der Waals surface area contributed by atoms with Gasteiger partial charge in [0.05, 0.1) is 0 Å². The number of hydrogen-bond acceptors (Lipinski definition) is 4. The monoisotopic (exact) mass is 190 g/mol. The summed E-state index contributed by atoms with van der Waals surface area (Å²) >= 11 is 0. The van der Waals surface area contributed by atoms with E-state index in [-0.39, 0.29) is 6.17 Å². The molecule has 0 saturated heterocycles. The normalized spacial score (nSPS) is 30.8. The van der Waals surface area contributed by atoms with Gasteiger partial charge in [0.1, 0.15) is 6.17 Å². The van der Waals surface area contributed by atoms with Crippen molar-refractivity contribution in [2.24, 2.45) is 21.6 Å². The highest BCUT2D eigenvalue weighted by atomic mass is 15.0. The molecule has 0 bridgehead atoms. The second-order valence-electron chi connectivity index (χ2n) is 3.40. The Morgan fingerprint density at radius 3 is 3.21 bits per heavy atom. The summed E-state index contributed by atoms with van der Waals surface area (Å²) in [4.78, 5) is 8.43. The summed E-state index contributed by atoms with van der Waals surface area (Å²) in [5, 5.41) is 3.15. The Kier molecular flexibility index (Phi) is 2.74. The molecule has 0 spiro atoms. The van der Waals surface area contributed by atoms with E-state index < -0.39 is 0 Å². The maximum absolute atomic E-state index is 5.69. The lowest BCUT2D eigenvalue weighted by Gasteiger charge is -2.12.